The molecular formula is C12H16FNO. The lowest BCUT2D eigenvalue weighted by molar-refractivity contribution is 0.0988. The standard InChI is InChI=1S/C12H16FNO/c1-8(2)14-7-12(15)11-5-4-10(13)6-9(11)3/h4-6,8,14H,7H2,1-3H3. The summed E-state index contributed by atoms with van der Waals surface area (Å²) in [5, 5.41) is 3.04. The molecule has 0 atom stereocenters. The van der Waals surface area contributed by atoms with Crippen LogP contribution >= 0.6 is 0 Å². The van der Waals surface area contributed by atoms with Gasteiger partial charge in [-0.3, -0.25) is 4.79 Å². The van der Waals surface area contributed by atoms with Crippen LogP contribution in [0, 0.1) is 12.7 Å². The van der Waals surface area contributed by atoms with Crippen LogP contribution < -0.4 is 5.32 Å². The second-order valence-electron chi connectivity index (χ2n) is 3.92. The first kappa shape index (κ1) is 11.9. The van der Waals surface area contributed by atoms with Crippen LogP contribution in [0.4, 0.5) is 4.39 Å². The summed E-state index contributed by atoms with van der Waals surface area (Å²) in [6.07, 6.45) is 0. The first-order valence-corrected chi connectivity index (χ1v) is 5.03. The van der Waals surface area contributed by atoms with Crippen molar-refractivity contribution in [1.29, 1.82) is 0 Å². The molecule has 0 fully saturated rings. The van der Waals surface area contributed by atoms with Crippen LogP contribution in [0.2, 0.25) is 0 Å². The Balaban J connectivity index is 2.74. The van der Waals surface area contributed by atoms with Crippen molar-refractivity contribution in [3.63, 3.8) is 0 Å². The first-order valence-electron chi connectivity index (χ1n) is 5.03. The quantitative estimate of drug-likeness (QED) is 0.771. The summed E-state index contributed by atoms with van der Waals surface area (Å²) >= 11 is 0. The molecule has 1 rings (SSSR count). The molecule has 0 radical (unpaired) electrons. The van der Waals surface area contributed by atoms with Gasteiger partial charge in [0.15, 0.2) is 5.78 Å². The van der Waals surface area contributed by atoms with Gasteiger partial charge in [0.1, 0.15) is 5.82 Å². The van der Waals surface area contributed by atoms with Gasteiger partial charge in [0.2, 0.25) is 0 Å². The fraction of sp³-hybridized carbons (Fsp3) is 0.417. The zero-order valence-corrected chi connectivity index (χ0v) is 9.30. The van der Waals surface area contributed by atoms with Crippen LogP contribution in [0.3, 0.4) is 0 Å². The van der Waals surface area contributed by atoms with Crippen molar-refractivity contribution in [2.75, 3.05) is 6.54 Å². The number of hydrogen-bond donors (Lipinski definition) is 1. The molecule has 0 bridgehead atoms. The minimum Gasteiger partial charge on any atom is -0.307 e. The number of nitrogens with one attached hydrogen (secondary N) is 1. The summed E-state index contributed by atoms with van der Waals surface area (Å²) in [5.74, 6) is -0.304. The van der Waals surface area contributed by atoms with E-state index in [2.05, 4.69) is 5.32 Å². The number of aryl methyl sites for hydroxylation is 1. The average molecular weight is 209 g/mol. The summed E-state index contributed by atoms with van der Waals surface area (Å²) in [6, 6.07) is 4.50. The van der Waals surface area contributed by atoms with Crippen LogP contribution in [0.15, 0.2) is 18.2 Å². The van der Waals surface area contributed by atoms with Gasteiger partial charge in [-0.2, -0.15) is 0 Å². The van der Waals surface area contributed by atoms with E-state index in [9.17, 15) is 9.18 Å². The van der Waals surface area contributed by atoms with Crippen molar-refractivity contribution in [3.05, 3.63) is 35.1 Å². The summed E-state index contributed by atoms with van der Waals surface area (Å²) in [4.78, 5) is 11.7. The fourth-order valence-electron chi connectivity index (χ4n) is 1.33. The molecule has 0 amide bonds. The molecule has 0 unspecified atom stereocenters. The van der Waals surface area contributed by atoms with Gasteiger partial charge in [-0.05, 0) is 30.7 Å². The number of carbonyl (C=O) groups is 1. The molecule has 15 heavy (non-hydrogen) atoms. The smallest absolute Gasteiger partial charge is 0.176 e. The highest BCUT2D eigenvalue weighted by Crippen LogP contribution is 2.10. The lowest BCUT2D eigenvalue weighted by Crippen LogP contribution is -2.29. The van der Waals surface area contributed by atoms with Gasteiger partial charge >= 0.3 is 0 Å². The number of Topliss-reactive ketones (excluding diaryl/α,β-unsaturated/α-hetero) is 1. The summed E-state index contributed by atoms with van der Waals surface area (Å²) in [7, 11) is 0. The zero-order valence-electron chi connectivity index (χ0n) is 9.30. The molecule has 0 aliphatic carbocycles. The molecule has 0 aromatic heterocycles. The topological polar surface area (TPSA) is 29.1 Å². The van der Waals surface area contributed by atoms with E-state index >= 15 is 0 Å². The van der Waals surface area contributed by atoms with E-state index in [0.29, 0.717) is 17.7 Å². The van der Waals surface area contributed by atoms with Crippen LogP contribution in [0.5, 0.6) is 0 Å². The van der Waals surface area contributed by atoms with E-state index in [1.165, 1.54) is 18.2 Å². The minimum atomic E-state index is -0.305. The zero-order chi connectivity index (χ0) is 11.4. The van der Waals surface area contributed by atoms with Gasteiger partial charge < -0.3 is 5.32 Å². The van der Waals surface area contributed by atoms with E-state index in [1.807, 2.05) is 13.8 Å². The molecule has 0 saturated carbocycles. The molecule has 0 aliphatic heterocycles. The van der Waals surface area contributed by atoms with E-state index in [4.69, 9.17) is 0 Å². The Labute approximate surface area is 89.5 Å². The summed E-state index contributed by atoms with van der Waals surface area (Å²) in [5.41, 5.74) is 1.27. The second-order valence-corrected chi connectivity index (χ2v) is 3.92. The molecule has 2 nitrogen and oxygen atoms in total. The Bertz CT molecular complexity index is 361. The molecule has 1 aromatic rings. The van der Waals surface area contributed by atoms with E-state index in [0.717, 1.165) is 0 Å². The molecular weight excluding hydrogens is 193 g/mol. The van der Waals surface area contributed by atoms with Crippen molar-refractivity contribution in [2.24, 2.45) is 0 Å². The molecule has 0 aliphatic rings. The lowest BCUT2D eigenvalue weighted by Gasteiger charge is -2.08. The number of halogens is 1. The Kier molecular flexibility index (Phi) is 3.97. The number of hydrogen-bond acceptors (Lipinski definition) is 2. The molecule has 0 spiro atoms. The maximum atomic E-state index is 12.8. The predicted octanol–water partition coefficient (Wildman–Crippen LogP) is 2.31. The Morgan fingerprint density at radius 2 is 2.13 bits per heavy atom. The molecule has 1 aromatic carbocycles. The Morgan fingerprint density at radius 1 is 1.47 bits per heavy atom. The minimum absolute atomic E-state index is 0.00111. The predicted molar refractivity (Wildman–Crippen MR) is 58.6 cm³/mol. The molecule has 3 heteroatoms. The van der Waals surface area contributed by atoms with E-state index in [1.54, 1.807) is 6.92 Å². The van der Waals surface area contributed by atoms with Gasteiger partial charge in [0.25, 0.3) is 0 Å². The third kappa shape index (κ3) is 3.44. The van der Waals surface area contributed by atoms with E-state index in [-0.39, 0.29) is 17.6 Å². The highest BCUT2D eigenvalue weighted by Gasteiger charge is 2.09. The maximum absolute atomic E-state index is 12.8. The molecule has 1 N–H and O–H groups in total. The van der Waals surface area contributed by atoms with Gasteiger partial charge in [-0.15, -0.1) is 0 Å². The average Bonchev–Trinajstić information content (AvgIpc) is 2.14. The summed E-state index contributed by atoms with van der Waals surface area (Å²) < 4.78 is 12.8. The molecule has 0 heterocycles. The number of ketones is 1. The summed E-state index contributed by atoms with van der Waals surface area (Å²) in [6.45, 7) is 5.99. The number of benzene rings is 1. The van der Waals surface area contributed by atoms with Gasteiger partial charge in [-0.1, -0.05) is 13.8 Å². The molecule has 0 saturated heterocycles. The van der Waals surface area contributed by atoms with Crippen LogP contribution in [-0.2, 0) is 0 Å². The first-order chi connectivity index (χ1) is 7.00. The second kappa shape index (κ2) is 5.03. The van der Waals surface area contributed by atoms with Crippen molar-refractivity contribution in [2.45, 2.75) is 26.8 Å². The van der Waals surface area contributed by atoms with E-state index < -0.39 is 0 Å². The van der Waals surface area contributed by atoms with Crippen molar-refractivity contribution in [1.82, 2.24) is 5.32 Å². The fourth-order valence-corrected chi connectivity index (χ4v) is 1.33. The molecule has 82 valence electrons. The van der Waals surface area contributed by atoms with Crippen LogP contribution in [0.1, 0.15) is 29.8 Å². The SMILES string of the molecule is Cc1cc(F)ccc1C(=O)CNC(C)C. The van der Waals surface area contributed by atoms with Crippen molar-refractivity contribution >= 4 is 5.78 Å². The monoisotopic (exact) mass is 209 g/mol. The van der Waals surface area contributed by atoms with Crippen LogP contribution in [0.25, 0.3) is 0 Å². The highest BCUT2D eigenvalue weighted by molar-refractivity contribution is 5.98. The maximum Gasteiger partial charge on any atom is 0.176 e. The van der Waals surface area contributed by atoms with Gasteiger partial charge in [-0.25, -0.2) is 4.39 Å². The van der Waals surface area contributed by atoms with Gasteiger partial charge in [0.05, 0.1) is 6.54 Å². The Morgan fingerprint density at radius 3 is 2.67 bits per heavy atom. The normalized spacial score (nSPS) is 10.7. The Hall–Kier alpha value is -1.22. The number of rotatable bonds is 4. The lowest BCUT2D eigenvalue weighted by atomic mass is 10.0. The third-order valence-electron chi connectivity index (χ3n) is 2.16. The van der Waals surface area contributed by atoms with Crippen molar-refractivity contribution < 1.29 is 9.18 Å². The van der Waals surface area contributed by atoms with Crippen molar-refractivity contribution in [3.8, 4) is 0 Å². The third-order valence-corrected chi connectivity index (χ3v) is 2.16. The largest absolute Gasteiger partial charge is 0.307 e. The van der Waals surface area contributed by atoms with Gasteiger partial charge in [0, 0.05) is 11.6 Å². The van der Waals surface area contributed by atoms with Crippen LogP contribution in [-0.4, -0.2) is 18.4 Å². The highest BCUT2D eigenvalue weighted by atomic mass is 19.1. The number of carbonyl (C=O) groups excluding carboxylic acids is 1.